The van der Waals surface area contributed by atoms with Gasteiger partial charge in [-0.2, -0.15) is 0 Å². The van der Waals surface area contributed by atoms with Crippen LogP contribution in [0.25, 0.3) is 0 Å². The van der Waals surface area contributed by atoms with Crippen molar-refractivity contribution in [2.75, 3.05) is 0 Å². The first-order chi connectivity index (χ1) is 14.2. The Hall–Kier alpha value is -0.820. The van der Waals surface area contributed by atoms with Gasteiger partial charge < -0.3 is 5.11 Å². The van der Waals surface area contributed by atoms with Gasteiger partial charge in [0.25, 0.3) is 0 Å². The minimum absolute atomic E-state index is 0.0932. The van der Waals surface area contributed by atoms with Crippen molar-refractivity contribution in [1.82, 2.24) is 0 Å². The molecule has 0 amide bonds. The second-order valence-electron chi connectivity index (χ2n) is 12.0. The molecule has 3 fully saturated rings. The molecule has 1 heteroatoms. The van der Waals surface area contributed by atoms with E-state index in [4.69, 9.17) is 0 Å². The highest BCUT2D eigenvalue weighted by molar-refractivity contribution is 5.25. The van der Waals surface area contributed by atoms with E-state index < -0.39 is 0 Å². The van der Waals surface area contributed by atoms with E-state index >= 15 is 0 Å². The summed E-state index contributed by atoms with van der Waals surface area (Å²) in [6, 6.07) is 0. The van der Waals surface area contributed by atoms with Crippen molar-refractivity contribution in [3.63, 3.8) is 0 Å². The van der Waals surface area contributed by atoms with Crippen LogP contribution in [0.2, 0.25) is 0 Å². The minimum atomic E-state index is -0.0932. The monoisotopic (exact) mass is 410 g/mol. The second kappa shape index (κ2) is 8.27. The number of rotatable bonds is 5. The summed E-state index contributed by atoms with van der Waals surface area (Å²) in [5, 5.41) is 10.2. The van der Waals surface area contributed by atoms with Crippen molar-refractivity contribution in [3.8, 4) is 0 Å². The molecular weight excluding hydrogens is 364 g/mol. The van der Waals surface area contributed by atoms with E-state index in [0.717, 1.165) is 42.9 Å². The van der Waals surface area contributed by atoms with Gasteiger partial charge in [-0.05, 0) is 111 Å². The second-order valence-corrected chi connectivity index (χ2v) is 12.0. The third kappa shape index (κ3) is 3.58. The molecule has 4 rings (SSSR count). The molecule has 0 radical (unpaired) electrons. The highest BCUT2D eigenvalue weighted by Crippen LogP contribution is 2.67. The lowest BCUT2D eigenvalue weighted by Crippen LogP contribution is -2.50. The molecule has 0 aromatic rings. The fourth-order valence-corrected chi connectivity index (χ4v) is 8.64. The standard InChI is InChI=1S/C29H46O/c1-7-21(19(2)3)9-8-20(4)25-12-13-26-24-11-10-22-18-23(30)14-16-28(22,5)27(24)15-17-29(25,26)6/h8-10,20-21,23-27,30H,2,7,11-18H2,1,3-6H3/b9-8+/t20-,21+,23+,24+,25-,26+,27+,28+,29-/m1/s1. The maximum absolute atomic E-state index is 10.2. The average molecular weight is 411 g/mol. The van der Waals surface area contributed by atoms with Crippen molar-refractivity contribution in [2.45, 2.75) is 98.5 Å². The van der Waals surface area contributed by atoms with Gasteiger partial charge in [-0.15, -0.1) is 0 Å². The van der Waals surface area contributed by atoms with Crippen LogP contribution in [-0.4, -0.2) is 11.2 Å². The molecule has 168 valence electrons. The first-order valence-electron chi connectivity index (χ1n) is 12.9. The summed E-state index contributed by atoms with van der Waals surface area (Å²) < 4.78 is 0. The summed E-state index contributed by atoms with van der Waals surface area (Å²) in [5.74, 6) is 4.64. The Balaban J connectivity index is 1.53. The lowest BCUT2D eigenvalue weighted by atomic mass is 9.47. The molecule has 4 aliphatic carbocycles. The van der Waals surface area contributed by atoms with Crippen LogP contribution in [0.4, 0.5) is 0 Å². The lowest BCUT2D eigenvalue weighted by Gasteiger charge is -2.58. The normalized spacial score (nSPS) is 45.3. The number of hydrogen-bond acceptors (Lipinski definition) is 1. The lowest BCUT2D eigenvalue weighted by molar-refractivity contribution is -0.0540. The number of allylic oxidation sites excluding steroid dienone is 4. The Morgan fingerprint density at radius 2 is 1.93 bits per heavy atom. The van der Waals surface area contributed by atoms with Crippen LogP contribution in [-0.2, 0) is 0 Å². The number of hydrogen-bond donors (Lipinski definition) is 1. The molecule has 1 nitrogen and oxygen atoms in total. The van der Waals surface area contributed by atoms with Crippen molar-refractivity contribution in [1.29, 1.82) is 0 Å². The van der Waals surface area contributed by atoms with E-state index in [1.165, 1.54) is 44.1 Å². The predicted octanol–water partition coefficient (Wildman–Crippen LogP) is 7.72. The van der Waals surface area contributed by atoms with Crippen LogP contribution < -0.4 is 0 Å². The summed E-state index contributed by atoms with van der Waals surface area (Å²) in [6.45, 7) is 16.3. The maximum atomic E-state index is 10.2. The first-order valence-corrected chi connectivity index (χ1v) is 12.9. The van der Waals surface area contributed by atoms with Crippen molar-refractivity contribution in [2.24, 2.45) is 46.3 Å². The van der Waals surface area contributed by atoms with Crippen LogP contribution in [0.3, 0.4) is 0 Å². The number of aliphatic hydroxyl groups excluding tert-OH is 1. The molecule has 0 aromatic carbocycles. The molecule has 0 aliphatic heterocycles. The predicted molar refractivity (Wildman–Crippen MR) is 128 cm³/mol. The average Bonchev–Trinajstić information content (AvgIpc) is 3.06. The minimum Gasteiger partial charge on any atom is -0.393 e. The molecule has 0 bridgehead atoms. The third-order valence-electron chi connectivity index (χ3n) is 10.5. The summed E-state index contributed by atoms with van der Waals surface area (Å²) >= 11 is 0. The Morgan fingerprint density at radius 1 is 1.17 bits per heavy atom. The quantitative estimate of drug-likeness (QED) is 0.460. The van der Waals surface area contributed by atoms with E-state index in [1.807, 2.05) is 0 Å². The zero-order valence-electron chi connectivity index (χ0n) is 20.3. The van der Waals surface area contributed by atoms with Gasteiger partial charge in [0.05, 0.1) is 6.10 Å². The van der Waals surface area contributed by atoms with E-state index in [1.54, 1.807) is 5.57 Å². The SMILES string of the molecule is C=C(C)[C@H](/C=C/[C@@H](C)[C@H]1CC[C@H]2[C@@H]3CC=C4C[C@@H](O)CC[C@]4(C)[C@H]3CC[C@]12C)CC. The highest BCUT2D eigenvalue weighted by atomic mass is 16.3. The molecule has 0 saturated heterocycles. The molecule has 0 spiro atoms. The molecule has 1 N–H and O–H groups in total. The molecule has 4 aliphatic rings. The van der Waals surface area contributed by atoms with Gasteiger partial charge in [0, 0.05) is 0 Å². The molecule has 0 aromatic heterocycles. The molecule has 30 heavy (non-hydrogen) atoms. The van der Waals surface area contributed by atoms with E-state index in [-0.39, 0.29) is 6.10 Å². The van der Waals surface area contributed by atoms with E-state index in [0.29, 0.717) is 22.7 Å². The summed E-state index contributed by atoms with van der Waals surface area (Å²) in [6.07, 6.45) is 18.7. The van der Waals surface area contributed by atoms with E-state index in [2.05, 4.69) is 59.4 Å². The van der Waals surface area contributed by atoms with Gasteiger partial charge in [-0.1, -0.05) is 63.6 Å². The maximum Gasteiger partial charge on any atom is 0.0577 e. The fraction of sp³-hybridized carbons (Fsp3) is 0.793. The Morgan fingerprint density at radius 3 is 2.63 bits per heavy atom. The summed E-state index contributed by atoms with van der Waals surface area (Å²) in [7, 11) is 0. The Bertz CT molecular complexity index is 716. The third-order valence-corrected chi connectivity index (χ3v) is 10.5. The van der Waals surface area contributed by atoms with Gasteiger partial charge in [-0.3, -0.25) is 0 Å². The van der Waals surface area contributed by atoms with Crippen molar-refractivity contribution < 1.29 is 5.11 Å². The van der Waals surface area contributed by atoms with Gasteiger partial charge in [0.1, 0.15) is 0 Å². The molecule has 3 saturated carbocycles. The van der Waals surface area contributed by atoms with Crippen LogP contribution in [0, 0.1) is 46.3 Å². The topological polar surface area (TPSA) is 20.2 Å². The number of fused-ring (bicyclic) bond motifs is 5. The Kier molecular flexibility index (Phi) is 6.17. The van der Waals surface area contributed by atoms with Gasteiger partial charge >= 0.3 is 0 Å². The molecule has 0 heterocycles. The van der Waals surface area contributed by atoms with Crippen LogP contribution >= 0.6 is 0 Å². The summed E-state index contributed by atoms with van der Waals surface area (Å²) in [4.78, 5) is 0. The fourth-order valence-electron chi connectivity index (χ4n) is 8.64. The Labute approximate surface area is 186 Å². The van der Waals surface area contributed by atoms with E-state index in [9.17, 15) is 5.11 Å². The van der Waals surface area contributed by atoms with Crippen LogP contribution in [0.5, 0.6) is 0 Å². The molecular formula is C29H46O. The first kappa shape index (κ1) is 22.4. The smallest absolute Gasteiger partial charge is 0.0577 e. The van der Waals surface area contributed by atoms with Gasteiger partial charge in [0.2, 0.25) is 0 Å². The zero-order chi connectivity index (χ0) is 21.7. The highest BCUT2D eigenvalue weighted by Gasteiger charge is 2.58. The zero-order valence-corrected chi connectivity index (χ0v) is 20.3. The molecule has 0 unspecified atom stereocenters. The van der Waals surface area contributed by atoms with Gasteiger partial charge in [0.15, 0.2) is 0 Å². The van der Waals surface area contributed by atoms with Crippen LogP contribution in [0.15, 0.2) is 36.0 Å². The largest absolute Gasteiger partial charge is 0.393 e. The summed E-state index contributed by atoms with van der Waals surface area (Å²) in [5.41, 5.74) is 3.77. The van der Waals surface area contributed by atoms with Crippen molar-refractivity contribution in [3.05, 3.63) is 36.0 Å². The number of aliphatic hydroxyl groups is 1. The molecule has 9 atom stereocenters. The van der Waals surface area contributed by atoms with Gasteiger partial charge in [-0.25, -0.2) is 0 Å². The van der Waals surface area contributed by atoms with Crippen molar-refractivity contribution >= 4 is 0 Å². The van der Waals surface area contributed by atoms with Crippen LogP contribution in [0.1, 0.15) is 92.4 Å².